The fourth-order valence-electron chi connectivity index (χ4n) is 1.98. The zero-order chi connectivity index (χ0) is 10.7. The predicted octanol–water partition coefficient (Wildman–Crippen LogP) is 1.18. The molecule has 1 unspecified atom stereocenters. The highest BCUT2D eigenvalue weighted by Crippen LogP contribution is 2.21. The van der Waals surface area contributed by atoms with Gasteiger partial charge in [0.15, 0.2) is 0 Å². The summed E-state index contributed by atoms with van der Waals surface area (Å²) in [6, 6.07) is 0. The highest BCUT2D eigenvalue weighted by Gasteiger charge is 2.23. The summed E-state index contributed by atoms with van der Waals surface area (Å²) in [5, 5.41) is 0. The first-order valence-corrected chi connectivity index (χ1v) is 5.47. The summed E-state index contributed by atoms with van der Waals surface area (Å²) >= 11 is 0. The minimum absolute atomic E-state index is 0.0169. The Kier molecular flexibility index (Phi) is 2.86. The summed E-state index contributed by atoms with van der Waals surface area (Å²) in [6.45, 7) is 4.14. The molecule has 4 nitrogen and oxygen atoms in total. The third-order valence-corrected chi connectivity index (χ3v) is 3.00. The van der Waals surface area contributed by atoms with Crippen LogP contribution in [0.2, 0.25) is 0 Å². The Morgan fingerprint density at radius 3 is 2.93 bits per heavy atom. The zero-order valence-corrected chi connectivity index (χ0v) is 9.19. The standard InChI is InChI=1S/C11H18N4/c1-11(12)3-2-7-15(8-4-11)10-9-13-5-6-14-10/h5-6,9H,2-4,7-8,12H2,1H3. The Balaban J connectivity index is 2.06. The Labute approximate surface area is 90.5 Å². The number of rotatable bonds is 1. The normalized spacial score (nSPS) is 27.5. The van der Waals surface area contributed by atoms with Gasteiger partial charge in [-0.15, -0.1) is 0 Å². The molecule has 2 heterocycles. The van der Waals surface area contributed by atoms with E-state index in [-0.39, 0.29) is 5.54 Å². The molecule has 0 aliphatic carbocycles. The molecule has 15 heavy (non-hydrogen) atoms. The zero-order valence-electron chi connectivity index (χ0n) is 9.19. The number of aromatic nitrogens is 2. The van der Waals surface area contributed by atoms with E-state index in [4.69, 9.17) is 5.73 Å². The summed E-state index contributed by atoms with van der Waals surface area (Å²) < 4.78 is 0. The molecule has 1 aromatic heterocycles. The van der Waals surface area contributed by atoms with Gasteiger partial charge >= 0.3 is 0 Å². The highest BCUT2D eigenvalue weighted by molar-refractivity contribution is 5.35. The second-order valence-electron chi connectivity index (χ2n) is 4.56. The summed E-state index contributed by atoms with van der Waals surface area (Å²) in [4.78, 5) is 10.7. The second-order valence-corrected chi connectivity index (χ2v) is 4.56. The third kappa shape index (κ3) is 2.65. The maximum atomic E-state index is 6.16. The Hall–Kier alpha value is -1.16. The van der Waals surface area contributed by atoms with Crippen molar-refractivity contribution in [1.82, 2.24) is 9.97 Å². The van der Waals surface area contributed by atoms with E-state index in [1.807, 2.05) is 6.20 Å². The van der Waals surface area contributed by atoms with Crippen LogP contribution in [-0.4, -0.2) is 28.6 Å². The van der Waals surface area contributed by atoms with Gasteiger partial charge in [-0.25, -0.2) is 4.98 Å². The van der Waals surface area contributed by atoms with Crippen LogP contribution in [0.3, 0.4) is 0 Å². The first-order valence-electron chi connectivity index (χ1n) is 5.47. The molecule has 0 aromatic carbocycles. The average molecular weight is 206 g/mol. The van der Waals surface area contributed by atoms with E-state index in [1.54, 1.807) is 12.4 Å². The summed E-state index contributed by atoms with van der Waals surface area (Å²) in [7, 11) is 0. The van der Waals surface area contributed by atoms with E-state index in [0.717, 1.165) is 38.2 Å². The summed E-state index contributed by atoms with van der Waals surface area (Å²) in [6.07, 6.45) is 8.49. The van der Waals surface area contributed by atoms with Crippen molar-refractivity contribution in [3.8, 4) is 0 Å². The Bertz CT molecular complexity index is 310. The van der Waals surface area contributed by atoms with Crippen molar-refractivity contribution >= 4 is 5.82 Å². The maximum absolute atomic E-state index is 6.16. The van der Waals surface area contributed by atoms with E-state index in [2.05, 4.69) is 21.8 Å². The molecule has 0 radical (unpaired) electrons. The van der Waals surface area contributed by atoms with Crippen LogP contribution in [0, 0.1) is 0 Å². The molecule has 0 spiro atoms. The van der Waals surface area contributed by atoms with Crippen LogP contribution in [0.1, 0.15) is 26.2 Å². The monoisotopic (exact) mass is 206 g/mol. The van der Waals surface area contributed by atoms with Crippen LogP contribution in [-0.2, 0) is 0 Å². The molecule has 0 amide bonds. The average Bonchev–Trinajstić information content (AvgIpc) is 2.41. The fraction of sp³-hybridized carbons (Fsp3) is 0.636. The van der Waals surface area contributed by atoms with Gasteiger partial charge in [0.05, 0.1) is 6.20 Å². The lowest BCUT2D eigenvalue weighted by molar-refractivity contribution is 0.421. The van der Waals surface area contributed by atoms with Gasteiger partial charge in [-0.2, -0.15) is 0 Å². The van der Waals surface area contributed by atoms with Crippen molar-refractivity contribution in [3.05, 3.63) is 18.6 Å². The van der Waals surface area contributed by atoms with Crippen molar-refractivity contribution in [2.75, 3.05) is 18.0 Å². The number of hydrogen-bond donors (Lipinski definition) is 1. The molecular formula is C11H18N4. The molecular weight excluding hydrogens is 188 g/mol. The topological polar surface area (TPSA) is 55.0 Å². The quantitative estimate of drug-likeness (QED) is 0.749. The van der Waals surface area contributed by atoms with Crippen molar-refractivity contribution in [2.24, 2.45) is 5.73 Å². The first kappa shape index (κ1) is 10.4. The van der Waals surface area contributed by atoms with Gasteiger partial charge in [-0.1, -0.05) is 0 Å². The van der Waals surface area contributed by atoms with E-state index in [1.165, 1.54) is 0 Å². The molecule has 1 fully saturated rings. The van der Waals surface area contributed by atoms with Gasteiger partial charge in [0.2, 0.25) is 0 Å². The molecule has 0 saturated carbocycles. The fourth-order valence-corrected chi connectivity index (χ4v) is 1.98. The third-order valence-electron chi connectivity index (χ3n) is 3.00. The molecule has 1 saturated heterocycles. The minimum Gasteiger partial charge on any atom is -0.355 e. The number of anilines is 1. The molecule has 2 N–H and O–H groups in total. The maximum Gasteiger partial charge on any atom is 0.147 e. The van der Waals surface area contributed by atoms with E-state index in [0.29, 0.717) is 0 Å². The van der Waals surface area contributed by atoms with Crippen LogP contribution < -0.4 is 10.6 Å². The molecule has 2 rings (SSSR count). The van der Waals surface area contributed by atoms with Gasteiger partial charge in [0.25, 0.3) is 0 Å². The Morgan fingerprint density at radius 2 is 2.20 bits per heavy atom. The van der Waals surface area contributed by atoms with Gasteiger partial charge in [-0.3, -0.25) is 4.98 Å². The largest absolute Gasteiger partial charge is 0.355 e. The molecule has 4 heteroatoms. The SMILES string of the molecule is CC1(N)CCCN(c2cnccn2)CC1. The summed E-state index contributed by atoms with van der Waals surface area (Å²) in [5.41, 5.74) is 6.14. The predicted molar refractivity (Wildman–Crippen MR) is 60.7 cm³/mol. The van der Waals surface area contributed by atoms with Crippen LogP contribution in [0.15, 0.2) is 18.6 Å². The van der Waals surface area contributed by atoms with Crippen molar-refractivity contribution in [1.29, 1.82) is 0 Å². The number of hydrogen-bond acceptors (Lipinski definition) is 4. The molecule has 82 valence electrons. The molecule has 1 aliphatic rings. The van der Waals surface area contributed by atoms with Crippen molar-refractivity contribution in [3.63, 3.8) is 0 Å². The molecule has 1 atom stereocenters. The lowest BCUT2D eigenvalue weighted by Gasteiger charge is -2.23. The highest BCUT2D eigenvalue weighted by atomic mass is 15.2. The van der Waals surface area contributed by atoms with Gasteiger partial charge in [0, 0.05) is 31.0 Å². The lowest BCUT2D eigenvalue weighted by Crippen LogP contribution is -2.37. The Morgan fingerprint density at radius 1 is 1.33 bits per heavy atom. The minimum atomic E-state index is -0.0169. The van der Waals surface area contributed by atoms with E-state index < -0.39 is 0 Å². The lowest BCUT2D eigenvalue weighted by atomic mass is 9.95. The molecule has 1 aromatic rings. The molecule has 0 bridgehead atoms. The van der Waals surface area contributed by atoms with E-state index >= 15 is 0 Å². The van der Waals surface area contributed by atoms with Crippen LogP contribution in [0.4, 0.5) is 5.82 Å². The van der Waals surface area contributed by atoms with Crippen LogP contribution in [0.25, 0.3) is 0 Å². The van der Waals surface area contributed by atoms with Crippen LogP contribution >= 0.6 is 0 Å². The number of nitrogens with zero attached hydrogens (tertiary/aromatic N) is 3. The smallest absolute Gasteiger partial charge is 0.147 e. The van der Waals surface area contributed by atoms with Gasteiger partial charge in [-0.05, 0) is 26.2 Å². The van der Waals surface area contributed by atoms with Crippen molar-refractivity contribution < 1.29 is 0 Å². The van der Waals surface area contributed by atoms with Gasteiger partial charge in [0.1, 0.15) is 5.82 Å². The second kappa shape index (κ2) is 4.14. The van der Waals surface area contributed by atoms with Crippen molar-refractivity contribution in [2.45, 2.75) is 31.7 Å². The van der Waals surface area contributed by atoms with E-state index in [9.17, 15) is 0 Å². The first-order chi connectivity index (χ1) is 7.17. The molecule has 1 aliphatic heterocycles. The van der Waals surface area contributed by atoms with Crippen LogP contribution in [0.5, 0.6) is 0 Å². The number of nitrogens with two attached hydrogens (primary N) is 1. The summed E-state index contributed by atoms with van der Waals surface area (Å²) in [5.74, 6) is 0.968. The van der Waals surface area contributed by atoms with Gasteiger partial charge < -0.3 is 10.6 Å².